The molecule has 1 fully saturated rings. The Hall–Kier alpha value is -1.70. The van der Waals surface area contributed by atoms with Gasteiger partial charge in [0, 0.05) is 18.3 Å². The molecule has 1 atom stereocenters. The van der Waals surface area contributed by atoms with E-state index in [0.29, 0.717) is 18.6 Å². The summed E-state index contributed by atoms with van der Waals surface area (Å²) in [5.41, 5.74) is 2.82. The quantitative estimate of drug-likeness (QED) is 0.829. The molecule has 2 aliphatic carbocycles. The van der Waals surface area contributed by atoms with Crippen LogP contribution in [0.3, 0.4) is 0 Å². The van der Waals surface area contributed by atoms with Crippen molar-refractivity contribution in [2.24, 2.45) is 5.41 Å². The second kappa shape index (κ2) is 4.44. The molecule has 0 aromatic heterocycles. The van der Waals surface area contributed by atoms with Gasteiger partial charge < -0.3 is 0 Å². The van der Waals surface area contributed by atoms with E-state index in [0.717, 1.165) is 36.0 Å². The third kappa shape index (κ3) is 1.95. The summed E-state index contributed by atoms with van der Waals surface area (Å²) in [6.07, 6.45) is 3.49. The van der Waals surface area contributed by atoms with E-state index in [-0.39, 0.29) is 11.2 Å². The Bertz CT molecular complexity index is 568. The average Bonchev–Trinajstić information content (AvgIpc) is 2.88. The number of rotatable bonds is 3. The maximum absolute atomic E-state index is 12.4. The lowest BCUT2D eigenvalue weighted by Gasteiger charge is -2.17. The molecule has 2 aliphatic rings. The first-order valence-corrected chi connectivity index (χ1v) is 6.94. The normalized spacial score (nSPS) is 25.8. The number of allylic oxidation sites excluding steroid dienone is 2. The van der Waals surface area contributed by atoms with Gasteiger partial charge in [-0.1, -0.05) is 30.3 Å². The summed E-state index contributed by atoms with van der Waals surface area (Å²) in [6.45, 7) is 2.01. The summed E-state index contributed by atoms with van der Waals surface area (Å²) in [4.78, 5) is 24.4. The van der Waals surface area contributed by atoms with Gasteiger partial charge in [0.15, 0.2) is 5.78 Å². The maximum Gasteiger partial charge on any atom is 0.163 e. The van der Waals surface area contributed by atoms with Crippen LogP contribution >= 0.6 is 0 Å². The number of benzene rings is 1. The van der Waals surface area contributed by atoms with Crippen molar-refractivity contribution >= 4 is 11.6 Å². The summed E-state index contributed by atoms with van der Waals surface area (Å²) in [6, 6.07) is 9.84. The number of carbonyl (C=O) groups is 2. The van der Waals surface area contributed by atoms with Crippen molar-refractivity contribution < 1.29 is 9.59 Å². The first-order valence-electron chi connectivity index (χ1n) is 6.94. The minimum Gasteiger partial charge on any atom is -0.299 e. The van der Waals surface area contributed by atoms with E-state index in [1.165, 1.54) is 0 Å². The molecule has 0 amide bonds. The van der Waals surface area contributed by atoms with E-state index >= 15 is 0 Å². The van der Waals surface area contributed by atoms with Gasteiger partial charge in [-0.2, -0.15) is 0 Å². The Labute approximate surface area is 113 Å². The van der Waals surface area contributed by atoms with Crippen molar-refractivity contribution in [3.63, 3.8) is 0 Å². The van der Waals surface area contributed by atoms with Crippen LogP contribution in [0.2, 0.25) is 0 Å². The lowest BCUT2D eigenvalue weighted by atomic mass is 9.84. The predicted octanol–water partition coefficient (Wildman–Crippen LogP) is 3.26. The minimum atomic E-state index is -0.318. The van der Waals surface area contributed by atoms with Gasteiger partial charge >= 0.3 is 0 Å². The minimum absolute atomic E-state index is 0.208. The molecule has 0 saturated heterocycles. The van der Waals surface area contributed by atoms with Gasteiger partial charge in [0.2, 0.25) is 0 Å². The molecule has 98 valence electrons. The average molecular weight is 254 g/mol. The van der Waals surface area contributed by atoms with Crippen LogP contribution in [0.15, 0.2) is 41.5 Å². The van der Waals surface area contributed by atoms with E-state index in [4.69, 9.17) is 0 Å². The first kappa shape index (κ1) is 12.3. The number of hydrogen-bond acceptors (Lipinski definition) is 2. The zero-order valence-corrected chi connectivity index (χ0v) is 11.2. The van der Waals surface area contributed by atoms with E-state index in [1.54, 1.807) is 0 Å². The summed E-state index contributed by atoms with van der Waals surface area (Å²) in [7, 11) is 0. The van der Waals surface area contributed by atoms with Crippen LogP contribution in [-0.2, 0) is 16.0 Å². The molecule has 0 radical (unpaired) electrons. The third-order valence-corrected chi connectivity index (χ3v) is 4.67. The van der Waals surface area contributed by atoms with Crippen LogP contribution in [0.4, 0.5) is 0 Å². The fraction of sp³-hybridized carbons (Fsp3) is 0.412. The van der Waals surface area contributed by atoms with Crippen LogP contribution in [0.25, 0.3) is 0 Å². The van der Waals surface area contributed by atoms with E-state index < -0.39 is 0 Å². The van der Waals surface area contributed by atoms with Gasteiger partial charge in [-0.3, -0.25) is 9.59 Å². The molecule has 0 bridgehead atoms. The molecule has 1 saturated carbocycles. The van der Waals surface area contributed by atoms with E-state index in [2.05, 4.69) is 0 Å². The van der Waals surface area contributed by atoms with Gasteiger partial charge in [-0.25, -0.2) is 0 Å². The highest BCUT2D eigenvalue weighted by molar-refractivity contribution is 6.02. The van der Waals surface area contributed by atoms with Crippen LogP contribution in [0.1, 0.15) is 38.2 Å². The summed E-state index contributed by atoms with van der Waals surface area (Å²) < 4.78 is 0. The Balaban J connectivity index is 1.86. The summed E-state index contributed by atoms with van der Waals surface area (Å²) >= 11 is 0. The molecule has 0 heterocycles. The van der Waals surface area contributed by atoms with Crippen molar-refractivity contribution in [3.05, 3.63) is 47.0 Å². The van der Waals surface area contributed by atoms with Gasteiger partial charge in [-0.15, -0.1) is 0 Å². The second-order valence-corrected chi connectivity index (χ2v) is 5.80. The molecule has 1 unspecified atom stereocenters. The van der Waals surface area contributed by atoms with Gasteiger partial charge in [0.1, 0.15) is 5.78 Å². The SMILES string of the molecule is CC12CCC(C(=O)Cc3ccccc3)=C1CCC2=O. The van der Waals surface area contributed by atoms with Crippen LogP contribution < -0.4 is 0 Å². The number of ketones is 2. The Morgan fingerprint density at radius 1 is 1.16 bits per heavy atom. The largest absolute Gasteiger partial charge is 0.299 e. The van der Waals surface area contributed by atoms with Crippen molar-refractivity contribution in [1.29, 1.82) is 0 Å². The predicted molar refractivity (Wildman–Crippen MR) is 73.8 cm³/mol. The molecule has 0 N–H and O–H groups in total. The highest BCUT2D eigenvalue weighted by Crippen LogP contribution is 2.51. The van der Waals surface area contributed by atoms with Gasteiger partial charge in [0.25, 0.3) is 0 Å². The fourth-order valence-corrected chi connectivity index (χ4v) is 3.45. The molecule has 1 aromatic carbocycles. The summed E-state index contributed by atoms with van der Waals surface area (Å²) in [5, 5.41) is 0. The lowest BCUT2D eigenvalue weighted by molar-refractivity contribution is -0.124. The Morgan fingerprint density at radius 3 is 2.63 bits per heavy atom. The third-order valence-electron chi connectivity index (χ3n) is 4.67. The molecule has 0 spiro atoms. The molecular weight excluding hydrogens is 236 g/mol. The smallest absolute Gasteiger partial charge is 0.163 e. The van der Waals surface area contributed by atoms with Crippen LogP contribution in [0, 0.1) is 5.41 Å². The maximum atomic E-state index is 12.4. The standard InChI is InChI=1S/C17H18O2/c1-17-10-9-13(14(17)7-8-16(17)19)15(18)11-12-5-3-2-4-6-12/h2-6H,7-11H2,1H3. The molecule has 19 heavy (non-hydrogen) atoms. The highest BCUT2D eigenvalue weighted by Gasteiger charge is 2.47. The molecule has 3 rings (SSSR count). The van der Waals surface area contributed by atoms with Crippen molar-refractivity contribution in [3.8, 4) is 0 Å². The number of fused-ring (bicyclic) bond motifs is 1. The van der Waals surface area contributed by atoms with Gasteiger partial charge in [-0.05, 0) is 42.9 Å². The summed E-state index contributed by atoms with van der Waals surface area (Å²) in [5.74, 6) is 0.532. The lowest BCUT2D eigenvalue weighted by Crippen LogP contribution is -2.20. The van der Waals surface area contributed by atoms with Crippen molar-refractivity contribution in [2.45, 2.75) is 39.0 Å². The Kier molecular flexibility index (Phi) is 2.89. The molecule has 2 nitrogen and oxygen atoms in total. The first-order chi connectivity index (χ1) is 9.11. The van der Waals surface area contributed by atoms with E-state index in [1.807, 2.05) is 37.3 Å². The topological polar surface area (TPSA) is 34.1 Å². The number of hydrogen-bond donors (Lipinski definition) is 0. The zero-order chi connectivity index (χ0) is 13.5. The molecule has 0 aliphatic heterocycles. The van der Waals surface area contributed by atoms with Crippen LogP contribution in [-0.4, -0.2) is 11.6 Å². The van der Waals surface area contributed by atoms with Gasteiger partial charge in [0.05, 0.1) is 0 Å². The molecule has 1 aromatic rings. The number of carbonyl (C=O) groups excluding carboxylic acids is 2. The zero-order valence-electron chi connectivity index (χ0n) is 11.2. The van der Waals surface area contributed by atoms with Crippen molar-refractivity contribution in [2.75, 3.05) is 0 Å². The van der Waals surface area contributed by atoms with Crippen molar-refractivity contribution in [1.82, 2.24) is 0 Å². The Morgan fingerprint density at radius 2 is 1.89 bits per heavy atom. The monoisotopic (exact) mass is 254 g/mol. The molecular formula is C17H18O2. The second-order valence-electron chi connectivity index (χ2n) is 5.80. The van der Waals surface area contributed by atoms with Crippen LogP contribution in [0.5, 0.6) is 0 Å². The molecule has 2 heteroatoms. The van der Waals surface area contributed by atoms with E-state index in [9.17, 15) is 9.59 Å². The number of Topliss-reactive ketones (excluding diaryl/α,β-unsaturated/α-hetero) is 2. The fourth-order valence-electron chi connectivity index (χ4n) is 3.45. The highest BCUT2D eigenvalue weighted by atomic mass is 16.1.